The summed E-state index contributed by atoms with van der Waals surface area (Å²) in [7, 11) is 0. The van der Waals surface area contributed by atoms with Gasteiger partial charge >= 0.3 is 0 Å². The number of nitrogens with zero attached hydrogens (tertiary/aromatic N) is 2. The number of carbonyl (C=O) groups is 1. The molecule has 1 saturated heterocycles. The van der Waals surface area contributed by atoms with Crippen LogP contribution in [0.25, 0.3) is 0 Å². The first kappa shape index (κ1) is 21.6. The Hall–Kier alpha value is -3.21. The van der Waals surface area contributed by atoms with E-state index < -0.39 is 17.7 Å². The summed E-state index contributed by atoms with van der Waals surface area (Å²) in [5.41, 5.74) is 3.97. The smallest absolute Gasteiger partial charge is 0.276 e. The molecule has 4 aliphatic heterocycles. The maximum absolute atomic E-state index is 13.7. The summed E-state index contributed by atoms with van der Waals surface area (Å²) in [5.74, 6) is -0.992. The highest BCUT2D eigenvalue weighted by atomic mass is 19.1. The van der Waals surface area contributed by atoms with Crippen molar-refractivity contribution < 1.29 is 18.3 Å². The molecule has 3 atom stereocenters. The van der Waals surface area contributed by atoms with E-state index in [9.17, 15) is 13.6 Å². The van der Waals surface area contributed by atoms with Crippen LogP contribution < -0.4 is 21.4 Å². The number of halogens is 2. The van der Waals surface area contributed by atoms with Crippen molar-refractivity contribution in [1.82, 2.24) is 31.3 Å². The molecule has 174 valence electrons. The van der Waals surface area contributed by atoms with Crippen LogP contribution in [-0.2, 0) is 9.53 Å². The molecule has 4 aliphatic rings. The van der Waals surface area contributed by atoms with E-state index in [0.717, 1.165) is 38.9 Å². The normalized spacial score (nSPS) is 26.7. The summed E-state index contributed by atoms with van der Waals surface area (Å²) >= 11 is 0. The second-order valence-corrected chi connectivity index (χ2v) is 8.29. The molecule has 33 heavy (non-hydrogen) atoms. The van der Waals surface area contributed by atoms with Gasteiger partial charge in [-0.05, 0) is 29.8 Å². The summed E-state index contributed by atoms with van der Waals surface area (Å²) in [6.07, 6.45) is 10.8. The number of hydrazine groups is 1. The Morgan fingerprint density at radius 1 is 1.12 bits per heavy atom. The Kier molecular flexibility index (Phi) is 6.12. The van der Waals surface area contributed by atoms with Crippen molar-refractivity contribution in [3.63, 3.8) is 0 Å². The Bertz CT molecular complexity index is 1010. The SMILES string of the molecule is O=C(NC1=CC=CC(CN2CCOCC2)N1)C1=CNC2C=CC(c3cc(F)cc(F)c3)NN12. The minimum absolute atomic E-state index is 0.0788. The van der Waals surface area contributed by atoms with Gasteiger partial charge in [0, 0.05) is 31.9 Å². The van der Waals surface area contributed by atoms with Gasteiger partial charge in [-0.25, -0.2) is 14.2 Å². The maximum atomic E-state index is 13.7. The lowest BCUT2D eigenvalue weighted by atomic mass is 10.0. The number of hydrogen-bond acceptors (Lipinski definition) is 7. The van der Waals surface area contributed by atoms with Gasteiger partial charge in [-0.15, -0.1) is 0 Å². The van der Waals surface area contributed by atoms with Crippen LogP contribution in [0.4, 0.5) is 8.78 Å². The minimum Gasteiger partial charge on any atom is -0.379 e. The number of carbonyl (C=O) groups excluding carboxylic acids is 1. The number of amides is 1. The van der Waals surface area contributed by atoms with Crippen molar-refractivity contribution in [1.29, 1.82) is 0 Å². The summed E-state index contributed by atoms with van der Waals surface area (Å²) in [5, 5.41) is 11.0. The second kappa shape index (κ2) is 9.34. The molecule has 1 aromatic rings. The zero-order valence-electron chi connectivity index (χ0n) is 17.9. The van der Waals surface area contributed by atoms with E-state index in [1.807, 2.05) is 24.3 Å². The number of morpholine rings is 1. The molecular formula is C23H26F2N6O2. The van der Waals surface area contributed by atoms with Crippen LogP contribution in [0.2, 0.25) is 0 Å². The van der Waals surface area contributed by atoms with E-state index in [4.69, 9.17) is 4.74 Å². The van der Waals surface area contributed by atoms with Crippen molar-refractivity contribution in [3.8, 4) is 0 Å². The standard InChI is InChI=1S/C23H26F2N6O2/c24-16-10-15(11-17(25)12-16)19-4-5-22-26-13-20(31(22)29-19)23(32)28-21-3-1-2-18(27-21)14-30-6-8-33-9-7-30/h1-5,10-13,18-19,22,26-27,29H,6-9,14H2,(H,28,32). The molecule has 0 aliphatic carbocycles. The fraction of sp³-hybridized carbons (Fsp3) is 0.348. The molecule has 8 nitrogen and oxygen atoms in total. The molecule has 0 spiro atoms. The number of ether oxygens (including phenoxy) is 1. The third kappa shape index (κ3) is 4.92. The van der Waals surface area contributed by atoms with Crippen molar-refractivity contribution >= 4 is 5.91 Å². The molecule has 5 rings (SSSR count). The van der Waals surface area contributed by atoms with Gasteiger partial charge in [-0.1, -0.05) is 18.2 Å². The third-order valence-corrected chi connectivity index (χ3v) is 5.92. The van der Waals surface area contributed by atoms with Crippen LogP contribution in [-0.4, -0.2) is 60.9 Å². The van der Waals surface area contributed by atoms with E-state index in [1.54, 1.807) is 11.2 Å². The van der Waals surface area contributed by atoms with E-state index in [1.165, 1.54) is 12.1 Å². The Balaban J connectivity index is 1.21. The van der Waals surface area contributed by atoms with Crippen LogP contribution in [0.1, 0.15) is 11.6 Å². The van der Waals surface area contributed by atoms with Crippen molar-refractivity contribution in [2.75, 3.05) is 32.8 Å². The van der Waals surface area contributed by atoms with Gasteiger partial charge in [0.15, 0.2) is 0 Å². The van der Waals surface area contributed by atoms with Crippen LogP contribution in [0, 0.1) is 11.6 Å². The fourth-order valence-electron chi connectivity index (χ4n) is 4.29. The number of rotatable bonds is 5. The largest absolute Gasteiger partial charge is 0.379 e. The fourth-order valence-corrected chi connectivity index (χ4v) is 4.29. The molecule has 0 radical (unpaired) electrons. The molecule has 4 N–H and O–H groups in total. The number of nitrogens with one attached hydrogen (secondary N) is 4. The average molecular weight is 456 g/mol. The Morgan fingerprint density at radius 3 is 2.70 bits per heavy atom. The highest BCUT2D eigenvalue weighted by Crippen LogP contribution is 2.26. The predicted octanol–water partition coefficient (Wildman–Crippen LogP) is 0.971. The Morgan fingerprint density at radius 2 is 1.91 bits per heavy atom. The van der Waals surface area contributed by atoms with Crippen LogP contribution in [0.3, 0.4) is 0 Å². The van der Waals surface area contributed by atoms with E-state index >= 15 is 0 Å². The molecule has 4 heterocycles. The van der Waals surface area contributed by atoms with E-state index in [-0.39, 0.29) is 18.1 Å². The number of benzene rings is 1. The third-order valence-electron chi connectivity index (χ3n) is 5.92. The Labute approximate surface area is 190 Å². The van der Waals surface area contributed by atoms with Gasteiger partial charge in [0.05, 0.1) is 25.3 Å². The molecule has 1 amide bonds. The first-order chi connectivity index (χ1) is 16.0. The number of allylic oxidation sites excluding steroid dienone is 2. The zero-order valence-corrected chi connectivity index (χ0v) is 17.9. The highest BCUT2D eigenvalue weighted by Gasteiger charge is 2.33. The quantitative estimate of drug-likeness (QED) is 0.492. The van der Waals surface area contributed by atoms with Crippen LogP contribution in [0.15, 0.2) is 66.3 Å². The van der Waals surface area contributed by atoms with Crippen molar-refractivity contribution in [2.45, 2.75) is 18.2 Å². The molecule has 3 unspecified atom stereocenters. The summed E-state index contributed by atoms with van der Waals surface area (Å²) < 4.78 is 32.7. The maximum Gasteiger partial charge on any atom is 0.276 e. The van der Waals surface area contributed by atoms with Crippen molar-refractivity contribution in [3.05, 3.63) is 83.5 Å². The lowest BCUT2D eigenvalue weighted by Crippen LogP contribution is -2.52. The summed E-state index contributed by atoms with van der Waals surface area (Å²) in [6.45, 7) is 4.07. The van der Waals surface area contributed by atoms with Gasteiger partial charge in [-0.3, -0.25) is 14.7 Å². The molecule has 1 fully saturated rings. The summed E-state index contributed by atoms with van der Waals surface area (Å²) in [4.78, 5) is 15.4. The van der Waals surface area contributed by atoms with Gasteiger partial charge in [0.25, 0.3) is 5.91 Å². The van der Waals surface area contributed by atoms with Gasteiger partial charge in [0.2, 0.25) is 0 Å². The van der Waals surface area contributed by atoms with Crippen molar-refractivity contribution in [2.24, 2.45) is 0 Å². The number of fused-ring (bicyclic) bond motifs is 1. The molecular weight excluding hydrogens is 430 g/mol. The number of dihydropyridines is 1. The van der Waals surface area contributed by atoms with Gasteiger partial charge in [0.1, 0.15) is 29.3 Å². The monoisotopic (exact) mass is 456 g/mol. The molecule has 0 aromatic heterocycles. The first-order valence-electron chi connectivity index (χ1n) is 11.0. The first-order valence-corrected chi connectivity index (χ1v) is 11.0. The topological polar surface area (TPSA) is 80.9 Å². The molecule has 0 saturated carbocycles. The van der Waals surface area contributed by atoms with Gasteiger partial charge < -0.3 is 20.7 Å². The lowest BCUT2D eigenvalue weighted by Gasteiger charge is -2.35. The number of hydrogen-bond donors (Lipinski definition) is 4. The van der Waals surface area contributed by atoms with Crippen LogP contribution >= 0.6 is 0 Å². The van der Waals surface area contributed by atoms with Gasteiger partial charge in [-0.2, -0.15) is 0 Å². The van der Waals surface area contributed by atoms with Crippen LogP contribution in [0.5, 0.6) is 0 Å². The highest BCUT2D eigenvalue weighted by molar-refractivity contribution is 5.94. The zero-order chi connectivity index (χ0) is 22.8. The molecule has 10 heteroatoms. The summed E-state index contributed by atoms with van der Waals surface area (Å²) in [6, 6.07) is 2.98. The molecule has 0 bridgehead atoms. The second-order valence-electron chi connectivity index (χ2n) is 8.29. The van der Waals surface area contributed by atoms with E-state index in [0.29, 0.717) is 17.1 Å². The minimum atomic E-state index is -0.648. The van der Waals surface area contributed by atoms with E-state index in [2.05, 4.69) is 32.4 Å². The lowest BCUT2D eigenvalue weighted by molar-refractivity contribution is -0.119. The molecule has 1 aromatic carbocycles. The average Bonchev–Trinajstić information content (AvgIpc) is 3.23. The predicted molar refractivity (Wildman–Crippen MR) is 118 cm³/mol.